The van der Waals surface area contributed by atoms with Gasteiger partial charge in [-0.3, -0.25) is 9.79 Å². The first-order valence-corrected chi connectivity index (χ1v) is 11.1. The summed E-state index contributed by atoms with van der Waals surface area (Å²) in [6.45, 7) is 1.37. The SMILES string of the molecule is CN=C(NCCc1csc(-c2ccccc2)n1)NCC1(C(=O)N(C)C)CCCC1. The van der Waals surface area contributed by atoms with E-state index in [0.717, 1.165) is 60.9 Å². The third kappa shape index (κ3) is 5.35. The van der Waals surface area contributed by atoms with Crippen molar-refractivity contribution in [2.24, 2.45) is 10.4 Å². The maximum Gasteiger partial charge on any atom is 0.230 e. The number of rotatable bonds is 7. The summed E-state index contributed by atoms with van der Waals surface area (Å²) in [5, 5.41) is 9.90. The molecule has 0 aliphatic heterocycles. The zero-order valence-electron chi connectivity index (χ0n) is 17.6. The second kappa shape index (κ2) is 9.87. The summed E-state index contributed by atoms with van der Waals surface area (Å²) in [6.07, 6.45) is 4.93. The van der Waals surface area contributed by atoms with Gasteiger partial charge in [-0.2, -0.15) is 0 Å². The van der Waals surface area contributed by atoms with E-state index in [4.69, 9.17) is 4.98 Å². The summed E-state index contributed by atoms with van der Waals surface area (Å²) in [4.78, 5) is 23.5. The Labute approximate surface area is 177 Å². The minimum absolute atomic E-state index is 0.217. The minimum Gasteiger partial charge on any atom is -0.356 e. The van der Waals surface area contributed by atoms with Crippen LogP contribution >= 0.6 is 11.3 Å². The number of thiazole rings is 1. The minimum atomic E-state index is -0.305. The van der Waals surface area contributed by atoms with E-state index in [2.05, 4.69) is 33.1 Å². The zero-order chi connectivity index (χ0) is 20.7. The molecular weight excluding hydrogens is 382 g/mol. The molecular formula is C22H31N5OS. The molecule has 1 saturated carbocycles. The number of hydrogen-bond donors (Lipinski definition) is 2. The molecule has 2 N–H and O–H groups in total. The van der Waals surface area contributed by atoms with Crippen LogP contribution in [0.15, 0.2) is 40.7 Å². The van der Waals surface area contributed by atoms with Crippen molar-refractivity contribution in [2.45, 2.75) is 32.1 Å². The lowest BCUT2D eigenvalue weighted by Crippen LogP contribution is -2.49. The predicted octanol–water partition coefficient (Wildman–Crippen LogP) is 3.17. The van der Waals surface area contributed by atoms with Gasteiger partial charge in [0.2, 0.25) is 5.91 Å². The van der Waals surface area contributed by atoms with Crippen molar-refractivity contribution < 1.29 is 4.79 Å². The summed E-state index contributed by atoms with van der Waals surface area (Å²) in [6, 6.07) is 10.3. The van der Waals surface area contributed by atoms with Gasteiger partial charge in [-0.1, -0.05) is 43.2 Å². The summed E-state index contributed by atoms with van der Waals surface area (Å²) >= 11 is 1.67. The molecule has 0 unspecified atom stereocenters. The molecule has 6 nitrogen and oxygen atoms in total. The Bertz CT molecular complexity index is 825. The van der Waals surface area contributed by atoms with Crippen molar-refractivity contribution in [3.05, 3.63) is 41.4 Å². The van der Waals surface area contributed by atoms with Gasteiger partial charge >= 0.3 is 0 Å². The maximum absolute atomic E-state index is 12.7. The Morgan fingerprint density at radius 3 is 2.59 bits per heavy atom. The number of hydrogen-bond acceptors (Lipinski definition) is 4. The highest BCUT2D eigenvalue weighted by Gasteiger charge is 2.42. The molecule has 1 heterocycles. The van der Waals surface area contributed by atoms with E-state index in [1.54, 1.807) is 23.3 Å². The predicted molar refractivity (Wildman–Crippen MR) is 120 cm³/mol. The van der Waals surface area contributed by atoms with Crippen molar-refractivity contribution >= 4 is 23.2 Å². The Kier molecular flexibility index (Phi) is 7.25. The number of aromatic nitrogens is 1. The summed E-state index contributed by atoms with van der Waals surface area (Å²) in [7, 11) is 5.45. The van der Waals surface area contributed by atoms with Crippen molar-refractivity contribution in [3.63, 3.8) is 0 Å². The molecule has 1 aromatic carbocycles. The number of nitrogens with zero attached hydrogens (tertiary/aromatic N) is 3. The van der Waals surface area contributed by atoms with Crippen LogP contribution in [0.3, 0.4) is 0 Å². The summed E-state index contributed by atoms with van der Waals surface area (Å²) < 4.78 is 0. The number of amides is 1. The smallest absolute Gasteiger partial charge is 0.230 e. The van der Waals surface area contributed by atoms with Crippen molar-refractivity contribution in [1.82, 2.24) is 20.5 Å². The van der Waals surface area contributed by atoms with E-state index in [1.807, 2.05) is 32.3 Å². The molecule has 3 rings (SSSR count). The first kappa shape index (κ1) is 21.3. The number of carbonyl (C=O) groups excluding carboxylic acids is 1. The molecule has 2 aromatic rings. The second-order valence-corrected chi connectivity index (χ2v) is 8.66. The van der Waals surface area contributed by atoms with Crippen LogP contribution in [-0.2, 0) is 11.2 Å². The lowest BCUT2D eigenvalue weighted by Gasteiger charge is -2.31. The van der Waals surface area contributed by atoms with Crippen molar-refractivity contribution in [1.29, 1.82) is 0 Å². The molecule has 0 atom stereocenters. The second-order valence-electron chi connectivity index (χ2n) is 7.80. The van der Waals surface area contributed by atoms with Crippen LogP contribution in [0.2, 0.25) is 0 Å². The van der Waals surface area contributed by atoms with Gasteiger partial charge < -0.3 is 15.5 Å². The van der Waals surface area contributed by atoms with Gasteiger partial charge in [0.05, 0.1) is 11.1 Å². The molecule has 0 spiro atoms. The third-order valence-electron chi connectivity index (χ3n) is 5.48. The fourth-order valence-corrected chi connectivity index (χ4v) is 4.77. The maximum atomic E-state index is 12.7. The van der Waals surface area contributed by atoms with Crippen LogP contribution in [0.1, 0.15) is 31.4 Å². The Morgan fingerprint density at radius 1 is 1.21 bits per heavy atom. The standard InChI is InChI=1S/C22H31N5OS/c1-23-21(25-16-22(12-7-8-13-22)20(28)27(2)3)24-14-11-18-15-29-19(26-18)17-9-5-4-6-10-17/h4-6,9-10,15H,7-8,11-14,16H2,1-3H3,(H2,23,24,25). The highest BCUT2D eigenvalue weighted by atomic mass is 32.1. The Hall–Kier alpha value is -2.41. The molecule has 156 valence electrons. The highest BCUT2D eigenvalue weighted by Crippen LogP contribution is 2.38. The molecule has 1 amide bonds. The summed E-state index contributed by atoms with van der Waals surface area (Å²) in [5.74, 6) is 0.954. The molecule has 1 aliphatic rings. The number of aliphatic imine (C=N–C) groups is 1. The largest absolute Gasteiger partial charge is 0.356 e. The number of nitrogens with one attached hydrogen (secondary N) is 2. The van der Waals surface area contributed by atoms with E-state index in [1.165, 1.54) is 0 Å². The topological polar surface area (TPSA) is 69.6 Å². The quantitative estimate of drug-likeness (QED) is 0.540. The van der Waals surface area contributed by atoms with Gasteiger partial charge in [-0.05, 0) is 12.8 Å². The molecule has 7 heteroatoms. The van der Waals surface area contributed by atoms with Crippen LogP contribution in [0.4, 0.5) is 0 Å². The van der Waals surface area contributed by atoms with Crippen LogP contribution in [0, 0.1) is 5.41 Å². The number of guanidine groups is 1. The first-order valence-electron chi connectivity index (χ1n) is 10.2. The van der Waals surface area contributed by atoms with Crippen molar-refractivity contribution in [3.8, 4) is 10.6 Å². The number of carbonyl (C=O) groups is 1. The van der Waals surface area contributed by atoms with Crippen LogP contribution in [-0.4, -0.2) is 56.0 Å². The van der Waals surface area contributed by atoms with Gasteiger partial charge in [0.1, 0.15) is 5.01 Å². The molecule has 0 radical (unpaired) electrons. The first-order chi connectivity index (χ1) is 14.0. The van der Waals surface area contributed by atoms with Gasteiger partial charge in [0.25, 0.3) is 0 Å². The third-order valence-corrected chi connectivity index (χ3v) is 6.42. The normalized spacial score (nSPS) is 15.9. The lowest BCUT2D eigenvalue weighted by molar-refractivity contribution is -0.138. The molecule has 29 heavy (non-hydrogen) atoms. The van der Waals surface area contributed by atoms with E-state index in [9.17, 15) is 4.79 Å². The summed E-state index contributed by atoms with van der Waals surface area (Å²) in [5.41, 5.74) is 1.93. The monoisotopic (exact) mass is 413 g/mol. The van der Waals surface area contributed by atoms with E-state index in [0.29, 0.717) is 6.54 Å². The van der Waals surface area contributed by atoms with Gasteiger partial charge in [0, 0.05) is 51.6 Å². The number of benzene rings is 1. The Morgan fingerprint density at radius 2 is 1.93 bits per heavy atom. The van der Waals surface area contributed by atoms with Gasteiger partial charge in [-0.15, -0.1) is 11.3 Å². The molecule has 1 aromatic heterocycles. The van der Waals surface area contributed by atoms with E-state index >= 15 is 0 Å². The van der Waals surface area contributed by atoms with Gasteiger partial charge in [0.15, 0.2) is 5.96 Å². The molecule has 0 saturated heterocycles. The highest BCUT2D eigenvalue weighted by molar-refractivity contribution is 7.13. The van der Waals surface area contributed by atoms with Crippen molar-refractivity contribution in [2.75, 3.05) is 34.2 Å². The van der Waals surface area contributed by atoms with Crippen LogP contribution < -0.4 is 10.6 Å². The lowest BCUT2D eigenvalue weighted by atomic mass is 9.84. The molecule has 1 fully saturated rings. The van der Waals surface area contributed by atoms with E-state index in [-0.39, 0.29) is 11.3 Å². The fourth-order valence-electron chi connectivity index (χ4n) is 3.91. The fraction of sp³-hybridized carbons (Fsp3) is 0.500. The van der Waals surface area contributed by atoms with Crippen LogP contribution in [0.25, 0.3) is 10.6 Å². The average Bonchev–Trinajstić information content (AvgIpc) is 3.41. The Balaban J connectivity index is 1.50. The van der Waals surface area contributed by atoms with Crippen LogP contribution in [0.5, 0.6) is 0 Å². The average molecular weight is 414 g/mol. The van der Waals surface area contributed by atoms with E-state index < -0.39 is 0 Å². The molecule has 0 bridgehead atoms. The molecule has 1 aliphatic carbocycles. The van der Waals surface area contributed by atoms with Gasteiger partial charge in [-0.25, -0.2) is 4.98 Å². The zero-order valence-corrected chi connectivity index (χ0v) is 18.4.